The molecule has 5 heteroatoms. The molecule has 1 saturated carbocycles. The second kappa shape index (κ2) is 14.5. The Morgan fingerprint density at radius 1 is 1.21 bits per heavy atom. The molecule has 3 N–H and O–H groups in total. The molecule has 0 radical (unpaired) electrons. The van der Waals surface area contributed by atoms with E-state index >= 15 is 0 Å². The summed E-state index contributed by atoms with van der Waals surface area (Å²) < 4.78 is 0. The molecule has 5 nitrogen and oxygen atoms in total. The van der Waals surface area contributed by atoms with E-state index in [1.54, 1.807) is 12.2 Å². The summed E-state index contributed by atoms with van der Waals surface area (Å²) in [6, 6.07) is 0. The van der Waals surface area contributed by atoms with Crippen LogP contribution in [0.1, 0.15) is 84.5 Å². The van der Waals surface area contributed by atoms with Gasteiger partial charge in [0, 0.05) is 24.3 Å². The second-order valence-electron chi connectivity index (χ2n) is 8.59. The van der Waals surface area contributed by atoms with Crippen molar-refractivity contribution in [1.29, 1.82) is 0 Å². The molecule has 0 aromatic carbocycles. The van der Waals surface area contributed by atoms with E-state index in [-0.39, 0.29) is 24.0 Å². The number of unbranched alkanes of at least 4 members (excludes halogenated alkanes) is 5. The summed E-state index contributed by atoms with van der Waals surface area (Å²) in [5.41, 5.74) is 0. The van der Waals surface area contributed by atoms with Crippen LogP contribution in [0.25, 0.3) is 0 Å². The SMILES string of the molecule is CCCCCC[C@H](C)C[C@H](O)C=C[C@H]1[C@H](O)CC(=O)[C@@H]1CCCCC=CC(=O)O. The maximum absolute atomic E-state index is 12.3. The molecule has 29 heavy (non-hydrogen) atoms. The smallest absolute Gasteiger partial charge is 0.327 e. The summed E-state index contributed by atoms with van der Waals surface area (Å²) in [6.07, 6.45) is 15.1. The number of carbonyl (C=O) groups is 2. The van der Waals surface area contributed by atoms with Gasteiger partial charge in [-0.25, -0.2) is 4.79 Å². The van der Waals surface area contributed by atoms with Gasteiger partial charge in [0.15, 0.2) is 0 Å². The predicted octanol–water partition coefficient (Wildman–Crippen LogP) is 4.67. The fraction of sp³-hybridized carbons (Fsp3) is 0.750. The van der Waals surface area contributed by atoms with E-state index in [9.17, 15) is 19.8 Å². The molecule has 0 amide bonds. The van der Waals surface area contributed by atoms with Gasteiger partial charge in [-0.1, -0.05) is 70.6 Å². The number of Topliss-reactive ketones (excluding diaryl/α,β-unsaturated/α-hetero) is 1. The molecule has 1 aliphatic rings. The Morgan fingerprint density at radius 3 is 2.66 bits per heavy atom. The lowest BCUT2D eigenvalue weighted by Crippen LogP contribution is -2.19. The number of aliphatic hydroxyl groups excluding tert-OH is 2. The Balaban J connectivity index is 2.43. The van der Waals surface area contributed by atoms with Gasteiger partial charge in [-0.15, -0.1) is 0 Å². The highest BCUT2D eigenvalue weighted by molar-refractivity contribution is 5.84. The summed E-state index contributed by atoms with van der Waals surface area (Å²) in [4.78, 5) is 22.7. The average Bonchev–Trinajstić information content (AvgIpc) is 2.92. The Kier molecular flexibility index (Phi) is 12.8. The molecule has 0 aliphatic heterocycles. The van der Waals surface area contributed by atoms with Gasteiger partial charge in [-0.05, 0) is 31.6 Å². The normalized spacial score (nSPS) is 24.6. The molecule has 0 saturated heterocycles. The quantitative estimate of drug-likeness (QED) is 0.208. The van der Waals surface area contributed by atoms with Crippen LogP contribution in [0.3, 0.4) is 0 Å². The number of hydrogen-bond donors (Lipinski definition) is 3. The number of carboxylic acids is 1. The third-order valence-corrected chi connectivity index (χ3v) is 5.88. The summed E-state index contributed by atoms with van der Waals surface area (Å²) >= 11 is 0. The molecule has 0 unspecified atom stereocenters. The number of allylic oxidation sites excluding steroid dienone is 1. The molecule has 0 aromatic rings. The Bertz CT molecular complexity index is 539. The van der Waals surface area contributed by atoms with E-state index in [0.29, 0.717) is 25.2 Å². The molecule has 1 rings (SSSR count). The van der Waals surface area contributed by atoms with Crippen molar-refractivity contribution in [3.05, 3.63) is 24.3 Å². The molecule has 0 bridgehead atoms. The van der Waals surface area contributed by atoms with Crippen LogP contribution in [0.15, 0.2) is 24.3 Å². The van der Waals surface area contributed by atoms with Crippen LogP contribution in [-0.2, 0) is 9.59 Å². The van der Waals surface area contributed by atoms with Crippen molar-refractivity contribution in [2.24, 2.45) is 17.8 Å². The highest BCUT2D eigenvalue weighted by Gasteiger charge is 2.39. The van der Waals surface area contributed by atoms with Crippen LogP contribution in [0.4, 0.5) is 0 Å². The van der Waals surface area contributed by atoms with E-state index in [1.165, 1.54) is 25.7 Å². The van der Waals surface area contributed by atoms with Crippen LogP contribution in [-0.4, -0.2) is 39.3 Å². The van der Waals surface area contributed by atoms with Crippen molar-refractivity contribution < 1.29 is 24.9 Å². The topological polar surface area (TPSA) is 94.8 Å². The van der Waals surface area contributed by atoms with E-state index in [2.05, 4.69) is 13.8 Å². The van der Waals surface area contributed by atoms with Crippen LogP contribution in [0, 0.1) is 17.8 Å². The van der Waals surface area contributed by atoms with Crippen LogP contribution in [0.2, 0.25) is 0 Å². The summed E-state index contributed by atoms with van der Waals surface area (Å²) in [6.45, 7) is 4.36. The number of hydrogen-bond acceptors (Lipinski definition) is 4. The molecular weight excluding hydrogens is 368 g/mol. The van der Waals surface area contributed by atoms with Gasteiger partial charge in [0.2, 0.25) is 0 Å². The van der Waals surface area contributed by atoms with Crippen molar-refractivity contribution in [2.75, 3.05) is 0 Å². The fourth-order valence-electron chi connectivity index (χ4n) is 4.19. The number of aliphatic carboxylic acids is 1. The Labute approximate surface area is 175 Å². The van der Waals surface area contributed by atoms with E-state index in [1.807, 2.05) is 6.08 Å². The van der Waals surface area contributed by atoms with Gasteiger partial charge >= 0.3 is 5.97 Å². The van der Waals surface area contributed by atoms with Gasteiger partial charge in [0.05, 0.1) is 12.2 Å². The molecule has 166 valence electrons. The van der Waals surface area contributed by atoms with Crippen molar-refractivity contribution in [1.82, 2.24) is 0 Å². The minimum absolute atomic E-state index is 0.0898. The molecule has 1 aliphatic carbocycles. The number of carbonyl (C=O) groups excluding carboxylic acids is 1. The predicted molar refractivity (Wildman–Crippen MR) is 116 cm³/mol. The molecule has 0 aromatic heterocycles. The highest BCUT2D eigenvalue weighted by atomic mass is 16.4. The first-order valence-electron chi connectivity index (χ1n) is 11.3. The third kappa shape index (κ3) is 10.8. The number of aliphatic hydroxyl groups is 2. The maximum Gasteiger partial charge on any atom is 0.327 e. The van der Waals surface area contributed by atoms with Crippen molar-refractivity contribution in [3.63, 3.8) is 0 Å². The molecule has 1 fully saturated rings. The zero-order chi connectivity index (χ0) is 21.6. The van der Waals surface area contributed by atoms with Gasteiger partial charge in [0.25, 0.3) is 0 Å². The van der Waals surface area contributed by atoms with Crippen LogP contribution < -0.4 is 0 Å². The number of carboxylic acid groups (broad SMARTS) is 1. The lowest BCUT2D eigenvalue weighted by Gasteiger charge is -2.19. The standard InChI is InChI=1S/C24H40O5/c1-3-4-5-8-11-18(2)16-19(25)14-15-21-20(22(26)17-23(21)27)12-9-6-7-10-13-24(28)29/h10,13-15,18-21,23,25,27H,3-9,11-12,16-17H2,1-2H3,(H,28,29)/t18-,19+,20+,21+,23+/m0/s1. The minimum atomic E-state index is -0.946. The first kappa shape index (κ1) is 25.6. The minimum Gasteiger partial charge on any atom is -0.478 e. The molecule has 0 spiro atoms. The summed E-state index contributed by atoms with van der Waals surface area (Å²) in [7, 11) is 0. The molecular formula is C24H40O5. The second-order valence-corrected chi connectivity index (χ2v) is 8.59. The summed E-state index contributed by atoms with van der Waals surface area (Å²) in [5.74, 6) is -0.837. The first-order chi connectivity index (χ1) is 13.8. The van der Waals surface area contributed by atoms with Gasteiger partial charge < -0.3 is 15.3 Å². The Morgan fingerprint density at radius 2 is 1.97 bits per heavy atom. The average molecular weight is 409 g/mol. The van der Waals surface area contributed by atoms with Crippen LogP contribution in [0.5, 0.6) is 0 Å². The van der Waals surface area contributed by atoms with E-state index in [0.717, 1.165) is 25.3 Å². The van der Waals surface area contributed by atoms with Crippen molar-refractivity contribution in [3.8, 4) is 0 Å². The lowest BCUT2D eigenvalue weighted by atomic mass is 9.88. The largest absolute Gasteiger partial charge is 0.478 e. The lowest BCUT2D eigenvalue weighted by molar-refractivity contribution is -0.131. The number of rotatable bonds is 15. The zero-order valence-corrected chi connectivity index (χ0v) is 18.1. The maximum atomic E-state index is 12.3. The third-order valence-electron chi connectivity index (χ3n) is 5.88. The fourth-order valence-corrected chi connectivity index (χ4v) is 4.19. The summed E-state index contributed by atoms with van der Waals surface area (Å²) in [5, 5.41) is 29.2. The molecule has 0 heterocycles. The highest BCUT2D eigenvalue weighted by Crippen LogP contribution is 2.34. The first-order valence-corrected chi connectivity index (χ1v) is 11.3. The Hall–Kier alpha value is -1.46. The van der Waals surface area contributed by atoms with E-state index < -0.39 is 18.2 Å². The zero-order valence-electron chi connectivity index (χ0n) is 18.1. The van der Waals surface area contributed by atoms with Gasteiger partial charge in [-0.2, -0.15) is 0 Å². The van der Waals surface area contributed by atoms with E-state index in [4.69, 9.17) is 5.11 Å². The van der Waals surface area contributed by atoms with Crippen molar-refractivity contribution in [2.45, 2.75) is 96.7 Å². The number of ketones is 1. The molecule has 5 atom stereocenters. The van der Waals surface area contributed by atoms with Crippen molar-refractivity contribution >= 4 is 11.8 Å². The monoisotopic (exact) mass is 408 g/mol. The van der Waals surface area contributed by atoms with Gasteiger partial charge in [0.1, 0.15) is 5.78 Å². The van der Waals surface area contributed by atoms with Crippen LogP contribution >= 0.6 is 0 Å². The van der Waals surface area contributed by atoms with Gasteiger partial charge in [-0.3, -0.25) is 4.79 Å².